The van der Waals surface area contributed by atoms with E-state index in [1.165, 1.54) is 6.42 Å². The van der Waals surface area contributed by atoms with Crippen LogP contribution in [0, 0.1) is 11.8 Å². The predicted octanol–water partition coefficient (Wildman–Crippen LogP) is 3.98. The quantitative estimate of drug-likeness (QED) is 0.576. The Balaban J connectivity index is 2.05. The van der Waals surface area contributed by atoms with E-state index in [4.69, 9.17) is 18.9 Å². The predicted molar refractivity (Wildman–Crippen MR) is 114 cm³/mol. The third-order valence-electron chi connectivity index (χ3n) is 5.53. The van der Waals surface area contributed by atoms with Gasteiger partial charge in [0.05, 0.1) is 25.4 Å². The van der Waals surface area contributed by atoms with E-state index in [9.17, 15) is 9.59 Å². The number of amides is 1. The summed E-state index contributed by atoms with van der Waals surface area (Å²) in [7, 11) is 0. The largest absolute Gasteiger partial charge is 0.490 e. The second kappa shape index (κ2) is 11.7. The van der Waals surface area contributed by atoms with Crippen LogP contribution in [0.4, 0.5) is 0 Å². The van der Waals surface area contributed by atoms with Gasteiger partial charge in [-0.25, -0.2) is 4.79 Å². The molecule has 7 nitrogen and oxygen atoms in total. The molecule has 1 amide bonds. The fourth-order valence-electron chi connectivity index (χ4n) is 3.76. The molecular formula is C23H35NO6. The Morgan fingerprint density at radius 1 is 0.967 bits per heavy atom. The SMILES string of the molecule is CCOc1cc(C(=O)OCC(=O)N[C@H]2CCC[C@H](C)[C@@H]2C)cc(OCC)c1OCC. The molecule has 1 aromatic carbocycles. The number of benzene rings is 1. The lowest BCUT2D eigenvalue weighted by Gasteiger charge is -2.34. The van der Waals surface area contributed by atoms with Gasteiger partial charge in [-0.1, -0.05) is 26.7 Å². The van der Waals surface area contributed by atoms with E-state index < -0.39 is 5.97 Å². The topological polar surface area (TPSA) is 83.1 Å². The highest BCUT2D eigenvalue weighted by atomic mass is 16.5. The number of carbonyl (C=O) groups excluding carboxylic acids is 2. The minimum absolute atomic E-state index is 0.125. The summed E-state index contributed by atoms with van der Waals surface area (Å²) in [6.07, 6.45) is 3.24. The van der Waals surface area contributed by atoms with Crippen LogP contribution in [0.3, 0.4) is 0 Å². The first-order chi connectivity index (χ1) is 14.4. The molecule has 1 saturated carbocycles. The highest BCUT2D eigenvalue weighted by Crippen LogP contribution is 2.39. The van der Waals surface area contributed by atoms with E-state index in [-0.39, 0.29) is 24.1 Å². The summed E-state index contributed by atoms with van der Waals surface area (Å²) >= 11 is 0. The first kappa shape index (κ1) is 23.8. The van der Waals surface area contributed by atoms with Crippen molar-refractivity contribution in [2.45, 2.75) is 59.9 Å². The van der Waals surface area contributed by atoms with Gasteiger partial charge in [0, 0.05) is 6.04 Å². The lowest BCUT2D eigenvalue weighted by atomic mass is 9.78. The zero-order chi connectivity index (χ0) is 22.1. The molecule has 0 spiro atoms. The molecule has 0 heterocycles. The van der Waals surface area contributed by atoms with E-state index in [1.807, 2.05) is 20.8 Å². The number of ether oxygens (including phenoxy) is 4. The lowest BCUT2D eigenvalue weighted by molar-refractivity contribution is -0.125. The van der Waals surface area contributed by atoms with Gasteiger partial charge < -0.3 is 24.3 Å². The van der Waals surface area contributed by atoms with Crippen LogP contribution >= 0.6 is 0 Å². The molecule has 1 fully saturated rings. The molecule has 3 atom stereocenters. The Kier molecular flexibility index (Phi) is 9.27. The van der Waals surface area contributed by atoms with Crippen LogP contribution in [-0.2, 0) is 9.53 Å². The molecule has 0 saturated heterocycles. The molecule has 168 valence electrons. The smallest absolute Gasteiger partial charge is 0.338 e. The van der Waals surface area contributed by atoms with E-state index in [0.717, 1.165) is 12.8 Å². The minimum atomic E-state index is -0.611. The molecular weight excluding hydrogens is 386 g/mol. The zero-order valence-electron chi connectivity index (χ0n) is 18.8. The molecule has 1 aliphatic rings. The molecule has 0 aliphatic heterocycles. The summed E-state index contributed by atoms with van der Waals surface area (Å²) in [4.78, 5) is 24.9. The Morgan fingerprint density at radius 3 is 2.13 bits per heavy atom. The molecule has 1 aromatic rings. The number of nitrogens with one attached hydrogen (secondary N) is 1. The summed E-state index contributed by atoms with van der Waals surface area (Å²) < 4.78 is 22.1. The monoisotopic (exact) mass is 421 g/mol. The maximum absolute atomic E-state index is 12.6. The summed E-state index contributed by atoms with van der Waals surface area (Å²) in [6.45, 7) is 10.8. The second-order valence-electron chi connectivity index (χ2n) is 7.62. The van der Waals surface area contributed by atoms with Gasteiger partial charge in [-0.3, -0.25) is 4.79 Å². The molecule has 7 heteroatoms. The van der Waals surface area contributed by atoms with Gasteiger partial charge in [0.2, 0.25) is 5.75 Å². The normalized spacial score (nSPS) is 20.9. The van der Waals surface area contributed by atoms with Crippen molar-refractivity contribution in [1.82, 2.24) is 5.32 Å². The lowest BCUT2D eigenvalue weighted by Crippen LogP contribution is -2.45. The molecule has 0 aromatic heterocycles. The average Bonchev–Trinajstić information content (AvgIpc) is 2.72. The first-order valence-electron chi connectivity index (χ1n) is 10.9. The Bertz CT molecular complexity index is 693. The van der Waals surface area contributed by atoms with Crippen LogP contribution in [0.5, 0.6) is 17.2 Å². The van der Waals surface area contributed by atoms with Gasteiger partial charge in [-0.15, -0.1) is 0 Å². The molecule has 1 N–H and O–H groups in total. The van der Waals surface area contributed by atoms with Gasteiger partial charge in [0.15, 0.2) is 18.1 Å². The van der Waals surface area contributed by atoms with Crippen molar-refractivity contribution >= 4 is 11.9 Å². The molecule has 0 bridgehead atoms. The molecule has 0 radical (unpaired) electrons. The van der Waals surface area contributed by atoms with E-state index >= 15 is 0 Å². The first-order valence-corrected chi connectivity index (χ1v) is 10.9. The standard InChI is InChI=1S/C23H35NO6/c1-6-27-19-12-17(13-20(28-7-2)22(19)29-8-3)23(26)30-14-21(25)24-18-11-9-10-15(4)16(18)5/h12-13,15-16,18H,6-11,14H2,1-5H3,(H,24,25)/t15-,16-,18-/m0/s1. The van der Waals surface area contributed by atoms with Gasteiger partial charge >= 0.3 is 5.97 Å². The van der Waals surface area contributed by atoms with Gasteiger partial charge in [0.1, 0.15) is 0 Å². The summed E-state index contributed by atoms with van der Waals surface area (Å²) in [6, 6.07) is 3.24. The third kappa shape index (κ3) is 6.28. The molecule has 30 heavy (non-hydrogen) atoms. The Morgan fingerprint density at radius 2 is 1.57 bits per heavy atom. The van der Waals surface area contributed by atoms with Crippen molar-refractivity contribution in [2.75, 3.05) is 26.4 Å². The number of hydrogen-bond donors (Lipinski definition) is 1. The summed E-state index contributed by atoms with van der Waals surface area (Å²) in [5, 5.41) is 3.01. The summed E-state index contributed by atoms with van der Waals surface area (Å²) in [5.74, 6) is 1.36. The van der Waals surface area contributed by atoms with Crippen molar-refractivity contribution in [1.29, 1.82) is 0 Å². The Hall–Kier alpha value is -2.44. The highest BCUT2D eigenvalue weighted by Gasteiger charge is 2.28. The number of rotatable bonds is 10. The van der Waals surface area contributed by atoms with Crippen LogP contribution < -0.4 is 19.5 Å². The van der Waals surface area contributed by atoms with E-state index in [0.29, 0.717) is 48.9 Å². The fraction of sp³-hybridized carbons (Fsp3) is 0.652. The molecule has 1 aliphatic carbocycles. The zero-order valence-corrected chi connectivity index (χ0v) is 18.8. The number of hydrogen-bond acceptors (Lipinski definition) is 6. The fourth-order valence-corrected chi connectivity index (χ4v) is 3.76. The molecule has 0 unspecified atom stereocenters. The maximum Gasteiger partial charge on any atom is 0.338 e. The molecule has 2 rings (SSSR count). The van der Waals surface area contributed by atoms with Crippen LogP contribution in [-0.4, -0.2) is 44.3 Å². The van der Waals surface area contributed by atoms with Crippen molar-refractivity contribution in [3.05, 3.63) is 17.7 Å². The second-order valence-corrected chi connectivity index (χ2v) is 7.62. The van der Waals surface area contributed by atoms with E-state index in [2.05, 4.69) is 19.2 Å². The number of carbonyl (C=O) groups is 2. The van der Waals surface area contributed by atoms with Crippen LogP contribution in [0.15, 0.2) is 12.1 Å². The van der Waals surface area contributed by atoms with Crippen molar-refractivity contribution in [3.63, 3.8) is 0 Å². The average molecular weight is 422 g/mol. The number of esters is 1. The van der Waals surface area contributed by atoms with Gasteiger partial charge in [-0.2, -0.15) is 0 Å². The third-order valence-corrected chi connectivity index (χ3v) is 5.53. The maximum atomic E-state index is 12.6. The van der Waals surface area contributed by atoms with Gasteiger partial charge in [0.25, 0.3) is 5.91 Å². The minimum Gasteiger partial charge on any atom is -0.490 e. The van der Waals surface area contributed by atoms with E-state index in [1.54, 1.807) is 12.1 Å². The van der Waals surface area contributed by atoms with Crippen LogP contribution in [0.2, 0.25) is 0 Å². The van der Waals surface area contributed by atoms with Crippen molar-refractivity contribution < 1.29 is 28.5 Å². The highest BCUT2D eigenvalue weighted by molar-refractivity contribution is 5.92. The van der Waals surface area contributed by atoms with Crippen LogP contribution in [0.25, 0.3) is 0 Å². The summed E-state index contributed by atoms with van der Waals surface area (Å²) in [5.41, 5.74) is 0.248. The Labute approximate surface area is 179 Å². The van der Waals surface area contributed by atoms with Crippen LogP contribution in [0.1, 0.15) is 64.2 Å². The van der Waals surface area contributed by atoms with Crippen molar-refractivity contribution in [2.24, 2.45) is 11.8 Å². The van der Waals surface area contributed by atoms with Crippen molar-refractivity contribution in [3.8, 4) is 17.2 Å². The van der Waals surface area contributed by atoms with Gasteiger partial charge in [-0.05, 0) is 51.2 Å².